The largest absolute Gasteiger partial charge is 0.437 e. The lowest BCUT2D eigenvalue weighted by Gasteiger charge is -2.41. The molecule has 140 valence electrons. The molecule has 0 rings (SSSR count). The number of hydrogen-bond acceptors (Lipinski definition) is 5. The first kappa shape index (κ1) is 23.7. The average molecular weight is 397 g/mol. The predicted octanol–water partition coefficient (Wildman–Crippen LogP) is 3.42. The van der Waals surface area contributed by atoms with Gasteiger partial charge in [0.1, 0.15) is 0 Å². The van der Waals surface area contributed by atoms with E-state index in [0.29, 0.717) is 6.54 Å². The van der Waals surface area contributed by atoms with Gasteiger partial charge in [-0.05, 0) is 77.9 Å². The van der Waals surface area contributed by atoms with Crippen molar-refractivity contribution in [3.63, 3.8) is 0 Å². The fourth-order valence-corrected chi connectivity index (χ4v) is 20.8. The number of hydrogen-bond donors (Lipinski definition) is 2. The first-order valence-corrected chi connectivity index (χ1v) is 20.9. The van der Waals surface area contributed by atoms with Gasteiger partial charge in [0.05, 0.1) is 0 Å². The third kappa shape index (κ3) is 13.6. The summed E-state index contributed by atoms with van der Waals surface area (Å²) in [4.78, 5) is 0. The maximum atomic E-state index is 6.63. The number of nitrogens with two attached hydrogens (primary N) is 1. The fourth-order valence-electron chi connectivity index (χ4n) is 2.81. The van der Waals surface area contributed by atoms with Crippen molar-refractivity contribution in [2.24, 2.45) is 5.73 Å². The van der Waals surface area contributed by atoms with Crippen molar-refractivity contribution < 1.29 is 12.3 Å². The molecular weight excluding hydrogens is 357 g/mol. The molecule has 1 atom stereocenters. The average Bonchev–Trinajstić information content (AvgIpc) is 2.20. The molecule has 1 unspecified atom stereocenters. The van der Waals surface area contributed by atoms with Gasteiger partial charge in [-0.25, -0.2) is 0 Å². The molecule has 9 heteroatoms. The third-order valence-electron chi connectivity index (χ3n) is 2.84. The molecule has 0 heterocycles. The van der Waals surface area contributed by atoms with Crippen molar-refractivity contribution in [2.45, 2.75) is 71.4 Å². The first-order valence-electron chi connectivity index (χ1n) is 8.69. The molecule has 0 spiro atoms. The minimum atomic E-state index is -2.23. The summed E-state index contributed by atoms with van der Waals surface area (Å²) < 4.78 is 19.6. The van der Waals surface area contributed by atoms with Gasteiger partial charge >= 0.3 is 17.1 Å². The second-order valence-corrected chi connectivity index (χ2v) is 25.2. The molecule has 0 aromatic carbocycles. The highest BCUT2D eigenvalue weighted by Gasteiger charge is 2.43. The summed E-state index contributed by atoms with van der Waals surface area (Å²) in [7, 11) is -7.66. The molecule has 23 heavy (non-hydrogen) atoms. The van der Waals surface area contributed by atoms with Crippen LogP contribution in [0.4, 0.5) is 0 Å². The standard InChI is InChI=1S/C14H40N2O3Si4/c1-20(2,3)17-22(7,8)19-23(9,18-21(4,5)6)14-10-12-16-13-11-15/h16H,10-15H2,1-9H3. The Balaban J connectivity index is 4.84. The van der Waals surface area contributed by atoms with Gasteiger partial charge in [0, 0.05) is 13.1 Å². The molecule has 0 aromatic rings. The van der Waals surface area contributed by atoms with Crippen molar-refractivity contribution in [1.82, 2.24) is 5.32 Å². The van der Waals surface area contributed by atoms with Crippen LogP contribution in [-0.4, -0.2) is 53.4 Å². The number of rotatable bonds is 12. The van der Waals surface area contributed by atoms with Crippen LogP contribution in [0.3, 0.4) is 0 Å². The van der Waals surface area contributed by atoms with E-state index in [9.17, 15) is 0 Å². The summed E-state index contributed by atoms with van der Waals surface area (Å²) in [5.74, 6) is 0. The van der Waals surface area contributed by atoms with E-state index in [4.69, 9.17) is 18.1 Å². The lowest BCUT2D eigenvalue weighted by molar-refractivity contribution is 0.322. The summed E-state index contributed by atoms with van der Waals surface area (Å²) in [6.07, 6.45) is 1.06. The Kier molecular flexibility index (Phi) is 9.66. The fraction of sp³-hybridized carbons (Fsp3) is 1.00. The normalized spacial score (nSPS) is 16.4. The van der Waals surface area contributed by atoms with Crippen molar-refractivity contribution in [2.75, 3.05) is 19.6 Å². The first-order chi connectivity index (χ1) is 10.2. The molecular formula is C14H40N2O3Si4. The molecule has 0 aliphatic rings. The molecule has 0 bridgehead atoms. The maximum absolute atomic E-state index is 6.63. The molecule has 0 aliphatic heterocycles. The third-order valence-corrected chi connectivity index (χ3v) is 16.4. The molecule has 5 nitrogen and oxygen atoms in total. The van der Waals surface area contributed by atoms with Gasteiger partial charge in [0.15, 0.2) is 16.6 Å². The molecule has 0 amide bonds. The lowest BCUT2D eigenvalue weighted by atomic mass is 10.5. The van der Waals surface area contributed by atoms with E-state index >= 15 is 0 Å². The highest BCUT2D eigenvalue weighted by Crippen LogP contribution is 2.27. The molecule has 0 aromatic heterocycles. The van der Waals surface area contributed by atoms with Crippen LogP contribution in [0, 0.1) is 0 Å². The zero-order chi connectivity index (χ0) is 18.4. The predicted molar refractivity (Wildman–Crippen MR) is 110 cm³/mol. The van der Waals surface area contributed by atoms with Crippen LogP contribution in [0.1, 0.15) is 6.42 Å². The van der Waals surface area contributed by atoms with E-state index in [0.717, 1.165) is 25.6 Å². The summed E-state index contributed by atoms with van der Waals surface area (Å²) in [5, 5.41) is 3.36. The second-order valence-electron chi connectivity index (χ2n) is 8.71. The molecule has 0 saturated heterocycles. The van der Waals surface area contributed by atoms with Crippen LogP contribution in [0.15, 0.2) is 0 Å². The van der Waals surface area contributed by atoms with Gasteiger partial charge < -0.3 is 23.4 Å². The Bertz CT molecular complexity index is 346. The summed E-state index contributed by atoms with van der Waals surface area (Å²) in [5.41, 5.74) is 5.52. The highest BCUT2D eigenvalue weighted by atomic mass is 28.5. The van der Waals surface area contributed by atoms with Crippen LogP contribution in [0.2, 0.25) is 65.0 Å². The van der Waals surface area contributed by atoms with Gasteiger partial charge in [0.2, 0.25) is 0 Å². The van der Waals surface area contributed by atoms with E-state index < -0.39 is 33.8 Å². The van der Waals surface area contributed by atoms with Crippen LogP contribution in [0.25, 0.3) is 0 Å². The van der Waals surface area contributed by atoms with Gasteiger partial charge in [-0.2, -0.15) is 0 Å². The second kappa shape index (κ2) is 9.39. The minimum absolute atomic E-state index is 0.681. The van der Waals surface area contributed by atoms with E-state index in [1.54, 1.807) is 0 Å². The zero-order valence-electron chi connectivity index (χ0n) is 16.8. The Morgan fingerprint density at radius 1 is 0.739 bits per heavy atom. The number of nitrogens with one attached hydrogen (secondary N) is 1. The van der Waals surface area contributed by atoms with Gasteiger partial charge in [0.25, 0.3) is 0 Å². The van der Waals surface area contributed by atoms with Gasteiger partial charge in [-0.3, -0.25) is 0 Å². The topological polar surface area (TPSA) is 65.7 Å². The maximum Gasteiger partial charge on any atom is 0.315 e. The molecule has 3 N–H and O–H groups in total. The molecule has 0 aliphatic carbocycles. The minimum Gasteiger partial charge on any atom is -0.437 e. The van der Waals surface area contributed by atoms with E-state index in [-0.39, 0.29) is 0 Å². The molecule has 0 radical (unpaired) electrons. The Hall–Kier alpha value is 0.668. The Morgan fingerprint density at radius 3 is 1.70 bits per heavy atom. The Labute approximate surface area is 148 Å². The van der Waals surface area contributed by atoms with Crippen LogP contribution < -0.4 is 11.1 Å². The monoisotopic (exact) mass is 396 g/mol. The van der Waals surface area contributed by atoms with E-state index in [2.05, 4.69) is 64.2 Å². The quantitative estimate of drug-likeness (QED) is 0.391. The molecule has 0 saturated carbocycles. The van der Waals surface area contributed by atoms with Gasteiger partial charge in [-0.1, -0.05) is 0 Å². The zero-order valence-corrected chi connectivity index (χ0v) is 20.8. The summed E-state index contributed by atoms with van der Waals surface area (Å²) in [6.45, 7) is 22.4. The molecule has 0 fully saturated rings. The Morgan fingerprint density at radius 2 is 1.26 bits per heavy atom. The van der Waals surface area contributed by atoms with Gasteiger partial charge in [-0.15, -0.1) is 0 Å². The van der Waals surface area contributed by atoms with Crippen LogP contribution in [0.5, 0.6) is 0 Å². The van der Waals surface area contributed by atoms with Crippen molar-refractivity contribution in [3.8, 4) is 0 Å². The smallest absolute Gasteiger partial charge is 0.315 e. The van der Waals surface area contributed by atoms with E-state index in [1.165, 1.54) is 0 Å². The van der Waals surface area contributed by atoms with Crippen molar-refractivity contribution >= 4 is 33.8 Å². The van der Waals surface area contributed by atoms with Crippen molar-refractivity contribution in [3.05, 3.63) is 0 Å². The van der Waals surface area contributed by atoms with Crippen LogP contribution in [-0.2, 0) is 12.3 Å². The lowest BCUT2D eigenvalue weighted by Crippen LogP contribution is -2.56. The van der Waals surface area contributed by atoms with Crippen LogP contribution >= 0.6 is 0 Å². The highest BCUT2D eigenvalue weighted by molar-refractivity contribution is 6.89. The SMILES string of the molecule is C[Si](C)(C)O[Si](C)(C)O[Si](C)(CCCNCCN)O[Si](C)(C)C. The van der Waals surface area contributed by atoms with Crippen molar-refractivity contribution in [1.29, 1.82) is 0 Å². The summed E-state index contributed by atoms with van der Waals surface area (Å²) >= 11 is 0. The summed E-state index contributed by atoms with van der Waals surface area (Å²) in [6, 6.07) is 1.00. The van der Waals surface area contributed by atoms with E-state index in [1.807, 2.05) is 0 Å².